The fourth-order valence-electron chi connectivity index (χ4n) is 5.45. The van der Waals surface area contributed by atoms with Gasteiger partial charge in [0.25, 0.3) is 0 Å². The van der Waals surface area contributed by atoms with Crippen LogP contribution in [0.25, 0.3) is 0 Å². The highest BCUT2D eigenvalue weighted by atomic mass is 32.1. The van der Waals surface area contributed by atoms with Gasteiger partial charge in [-0.05, 0) is 55.3 Å². The third-order valence-corrected chi connectivity index (χ3v) is 8.40. The van der Waals surface area contributed by atoms with Crippen LogP contribution in [0.5, 0.6) is 0 Å². The molecule has 0 bridgehead atoms. The molecular weight excluding hydrogens is 607 g/mol. The lowest BCUT2D eigenvalue weighted by Gasteiger charge is -2.43. The van der Waals surface area contributed by atoms with Gasteiger partial charge in [-0.15, -0.1) is 11.3 Å². The molecule has 3 N–H and O–H groups in total. The average Bonchev–Trinajstić information content (AvgIpc) is 3.38. The number of hydrogen-bond acceptors (Lipinski definition) is 7. The molecule has 1 aromatic heterocycles. The highest BCUT2D eigenvalue weighted by molar-refractivity contribution is 7.09. The molecule has 0 unspecified atom stereocenters. The van der Waals surface area contributed by atoms with E-state index in [1.807, 2.05) is 26.4 Å². The van der Waals surface area contributed by atoms with Crippen LogP contribution in [0.4, 0.5) is 23.7 Å². The van der Waals surface area contributed by atoms with Crippen molar-refractivity contribution in [1.82, 2.24) is 9.88 Å². The number of rotatable bonds is 8. The van der Waals surface area contributed by atoms with Crippen molar-refractivity contribution in [2.24, 2.45) is 5.73 Å². The average molecular weight is 641 g/mol. The standard InChI is InChI=1S/C31H32F3N7O3S/c1-18-26(28(42)44-5)27(40(30(37)43)29(36)39(18)24-8-6-7-22(14-24)31(32,33)34)25-10-9-20(15-35)13-21(25)11-12-41(3,4)16-23-17-45-19(2)38-23/h6-10,13-14,17,27,36H,11-12,16H2,1-5H3,(H-,37,43)/p+1/t27-/m1/s1. The number of nitrogens with zero attached hydrogens (tertiary/aromatic N) is 5. The van der Waals surface area contributed by atoms with Crippen LogP contribution in [0, 0.1) is 23.7 Å². The lowest BCUT2D eigenvalue weighted by atomic mass is 9.87. The molecule has 1 aliphatic rings. The monoisotopic (exact) mass is 640 g/mol. The van der Waals surface area contributed by atoms with E-state index < -0.39 is 35.7 Å². The Bertz CT molecular complexity index is 1730. The Morgan fingerprint density at radius 2 is 1.91 bits per heavy atom. The topological polar surface area (TPSA) is 136 Å². The van der Waals surface area contributed by atoms with Crippen LogP contribution in [-0.2, 0) is 28.7 Å². The van der Waals surface area contributed by atoms with Crippen molar-refractivity contribution in [2.75, 3.05) is 32.6 Å². The first-order valence-corrected chi connectivity index (χ1v) is 14.7. The Labute approximate surface area is 262 Å². The lowest BCUT2D eigenvalue weighted by molar-refractivity contribution is -0.903. The number of hydrogen-bond donors (Lipinski definition) is 2. The number of guanidine groups is 1. The first-order valence-electron chi connectivity index (χ1n) is 13.8. The fourth-order valence-corrected chi connectivity index (χ4v) is 6.05. The quantitative estimate of drug-likeness (QED) is 0.247. The maximum absolute atomic E-state index is 13.6. The molecule has 0 radical (unpaired) electrons. The maximum Gasteiger partial charge on any atom is 0.416 e. The molecule has 0 spiro atoms. The van der Waals surface area contributed by atoms with Gasteiger partial charge in [0.2, 0.25) is 5.96 Å². The van der Waals surface area contributed by atoms with Gasteiger partial charge in [-0.2, -0.15) is 18.4 Å². The van der Waals surface area contributed by atoms with Crippen LogP contribution in [0.15, 0.2) is 59.1 Å². The number of amides is 2. The lowest BCUT2D eigenvalue weighted by Crippen LogP contribution is -2.55. The molecule has 2 heterocycles. The first kappa shape index (κ1) is 33.2. The molecule has 45 heavy (non-hydrogen) atoms. The minimum absolute atomic E-state index is 0.0824. The van der Waals surface area contributed by atoms with Crippen LogP contribution >= 0.6 is 11.3 Å². The van der Waals surface area contributed by atoms with E-state index in [1.54, 1.807) is 23.5 Å². The van der Waals surface area contributed by atoms with Crippen molar-refractivity contribution >= 4 is 35.0 Å². The number of esters is 1. The van der Waals surface area contributed by atoms with Crippen LogP contribution < -0.4 is 10.6 Å². The molecular formula is C31H33F3N7O3S+. The molecule has 10 nitrogen and oxygen atoms in total. The largest absolute Gasteiger partial charge is 0.466 e. The van der Waals surface area contributed by atoms with E-state index in [4.69, 9.17) is 15.9 Å². The van der Waals surface area contributed by atoms with E-state index in [1.165, 1.54) is 25.1 Å². The summed E-state index contributed by atoms with van der Waals surface area (Å²) in [5.41, 5.74) is 7.06. The number of ether oxygens (including phenoxy) is 1. The van der Waals surface area contributed by atoms with Gasteiger partial charge < -0.3 is 15.0 Å². The zero-order valence-electron chi connectivity index (χ0n) is 25.4. The Morgan fingerprint density at radius 3 is 2.49 bits per heavy atom. The van der Waals surface area contributed by atoms with Crippen molar-refractivity contribution in [3.63, 3.8) is 0 Å². The summed E-state index contributed by atoms with van der Waals surface area (Å²) in [6.45, 7) is 4.61. The maximum atomic E-state index is 13.6. The molecule has 1 atom stereocenters. The SMILES string of the molecule is COC(=O)C1=C(C)N(c2cccc(C(F)(F)F)c2)C(=N)N(C(N)=O)[C@@H]1c1ccc(C#N)cc1CC[N+](C)(C)Cc1csc(C)n1. The van der Waals surface area contributed by atoms with Crippen LogP contribution in [0.3, 0.4) is 0 Å². The third-order valence-electron chi connectivity index (χ3n) is 7.58. The van der Waals surface area contributed by atoms with Gasteiger partial charge in [0.05, 0.1) is 55.5 Å². The number of aromatic nitrogens is 1. The number of anilines is 1. The van der Waals surface area contributed by atoms with Crippen molar-refractivity contribution in [3.8, 4) is 6.07 Å². The highest BCUT2D eigenvalue weighted by Gasteiger charge is 2.44. The Morgan fingerprint density at radius 1 is 1.20 bits per heavy atom. The second-order valence-corrected chi connectivity index (χ2v) is 12.3. The van der Waals surface area contributed by atoms with Crippen molar-refractivity contribution in [1.29, 1.82) is 10.7 Å². The number of primary amides is 1. The Hall–Kier alpha value is -4.74. The van der Waals surface area contributed by atoms with Gasteiger partial charge in [0, 0.05) is 23.2 Å². The van der Waals surface area contributed by atoms with Gasteiger partial charge in [-0.1, -0.05) is 12.1 Å². The summed E-state index contributed by atoms with van der Waals surface area (Å²) in [5.74, 6) is -1.42. The summed E-state index contributed by atoms with van der Waals surface area (Å²) in [6.07, 6.45) is -4.27. The van der Waals surface area contributed by atoms with Crippen molar-refractivity contribution in [3.05, 3.63) is 92.1 Å². The minimum Gasteiger partial charge on any atom is -0.466 e. The molecule has 1 aliphatic heterocycles. The van der Waals surface area contributed by atoms with Crippen molar-refractivity contribution in [2.45, 2.75) is 39.0 Å². The normalized spacial score (nSPS) is 15.7. The number of nitriles is 1. The summed E-state index contributed by atoms with van der Waals surface area (Å²) in [4.78, 5) is 32.9. The number of allylic oxidation sites excluding steroid dienone is 1. The van der Waals surface area contributed by atoms with E-state index in [0.29, 0.717) is 40.7 Å². The van der Waals surface area contributed by atoms with Gasteiger partial charge in [0.15, 0.2) is 0 Å². The molecule has 0 saturated carbocycles. The van der Waals surface area contributed by atoms with Gasteiger partial charge >= 0.3 is 18.2 Å². The fraction of sp³-hybridized carbons (Fsp3) is 0.323. The number of nitrogens with one attached hydrogen (secondary N) is 1. The number of carbonyl (C=O) groups excluding carboxylic acids is 2. The molecule has 4 rings (SSSR count). The zero-order valence-corrected chi connectivity index (χ0v) is 26.2. The van der Waals surface area contributed by atoms with Crippen LogP contribution in [0.2, 0.25) is 0 Å². The molecule has 0 fully saturated rings. The second kappa shape index (κ2) is 12.7. The summed E-state index contributed by atoms with van der Waals surface area (Å²) in [7, 11) is 5.21. The number of benzene rings is 2. The van der Waals surface area contributed by atoms with Gasteiger partial charge in [-0.25, -0.2) is 14.6 Å². The first-order chi connectivity index (χ1) is 21.1. The molecule has 0 saturated heterocycles. The number of thiazole rings is 1. The Kier molecular flexibility index (Phi) is 9.36. The highest BCUT2D eigenvalue weighted by Crippen LogP contribution is 2.42. The summed E-state index contributed by atoms with van der Waals surface area (Å²) < 4.78 is 46.4. The number of aryl methyl sites for hydroxylation is 1. The number of quaternary nitrogens is 1. The van der Waals surface area contributed by atoms with E-state index >= 15 is 0 Å². The molecule has 236 valence electrons. The van der Waals surface area contributed by atoms with Gasteiger partial charge in [-0.3, -0.25) is 15.2 Å². The molecule has 3 aromatic rings. The van der Waals surface area contributed by atoms with Crippen LogP contribution in [0.1, 0.15) is 45.9 Å². The van der Waals surface area contributed by atoms with Gasteiger partial charge in [0.1, 0.15) is 18.3 Å². The number of urea groups is 1. The van der Waals surface area contributed by atoms with E-state index in [2.05, 4.69) is 11.1 Å². The number of alkyl halides is 3. The number of methoxy groups -OCH3 is 1. The van der Waals surface area contributed by atoms with Crippen molar-refractivity contribution < 1.29 is 32.0 Å². The predicted molar refractivity (Wildman–Crippen MR) is 163 cm³/mol. The zero-order chi connectivity index (χ0) is 33.3. The number of likely N-dealkylation sites (N-methyl/N-ethyl adjacent to an activating group) is 1. The van der Waals surface area contributed by atoms with E-state index in [9.17, 15) is 28.0 Å². The minimum atomic E-state index is -4.68. The van der Waals surface area contributed by atoms with Crippen LogP contribution in [-0.4, -0.2) is 60.1 Å². The smallest absolute Gasteiger partial charge is 0.416 e. The third kappa shape index (κ3) is 7.00. The molecule has 2 aromatic carbocycles. The number of halogens is 3. The second-order valence-electron chi connectivity index (χ2n) is 11.3. The number of nitrogens with two attached hydrogens (primary N) is 1. The molecule has 0 aliphatic carbocycles. The Balaban J connectivity index is 1.86. The summed E-state index contributed by atoms with van der Waals surface area (Å²) in [5, 5.41) is 21.6. The predicted octanol–water partition coefficient (Wildman–Crippen LogP) is 5.48. The summed E-state index contributed by atoms with van der Waals surface area (Å²) >= 11 is 1.56. The molecule has 14 heteroatoms. The van der Waals surface area contributed by atoms with E-state index in [-0.39, 0.29) is 17.0 Å². The summed E-state index contributed by atoms with van der Waals surface area (Å²) in [6, 6.07) is 8.74. The molecule has 2 amide bonds. The van der Waals surface area contributed by atoms with E-state index in [0.717, 1.165) is 39.7 Å². The number of carbonyl (C=O) groups is 2.